The average molecular weight is 302 g/mol. The number of hydrogen-bond acceptors (Lipinski definition) is 5. The first kappa shape index (κ1) is 13.7. The van der Waals surface area contributed by atoms with Crippen LogP contribution in [-0.2, 0) is 4.79 Å². The molecule has 1 unspecified atom stereocenters. The molecule has 0 amide bonds. The molecule has 0 saturated carbocycles. The summed E-state index contributed by atoms with van der Waals surface area (Å²) in [5, 5.41) is 24.0. The molecule has 21 heavy (non-hydrogen) atoms. The number of carboxylic acids is 1. The van der Waals surface area contributed by atoms with Crippen molar-refractivity contribution in [3.8, 4) is 11.4 Å². The van der Waals surface area contributed by atoms with Gasteiger partial charge >= 0.3 is 5.97 Å². The molecule has 1 aromatic carbocycles. The SMILES string of the molecule is CCC(CC(=O)O)n1nnnc1-c1csc2ccccc12. The maximum absolute atomic E-state index is 11.0. The maximum Gasteiger partial charge on any atom is 0.305 e. The molecule has 0 saturated heterocycles. The molecule has 2 heterocycles. The van der Waals surface area contributed by atoms with E-state index in [4.69, 9.17) is 5.11 Å². The number of aliphatic carboxylic acids is 1. The van der Waals surface area contributed by atoms with Crippen molar-refractivity contribution in [1.82, 2.24) is 20.2 Å². The van der Waals surface area contributed by atoms with Crippen molar-refractivity contribution >= 4 is 27.4 Å². The molecule has 0 aliphatic rings. The lowest BCUT2D eigenvalue weighted by Crippen LogP contribution is -2.15. The molecule has 3 rings (SSSR count). The molecule has 0 fully saturated rings. The Balaban J connectivity index is 2.08. The van der Waals surface area contributed by atoms with Crippen molar-refractivity contribution < 1.29 is 9.90 Å². The van der Waals surface area contributed by atoms with Gasteiger partial charge in [0, 0.05) is 21.0 Å². The van der Waals surface area contributed by atoms with E-state index in [0.29, 0.717) is 12.2 Å². The van der Waals surface area contributed by atoms with E-state index in [1.807, 2.05) is 36.6 Å². The van der Waals surface area contributed by atoms with Crippen LogP contribution in [0.2, 0.25) is 0 Å². The van der Waals surface area contributed by atoms with Gasteiger partial charge in [0.2, 0.25) is 0 Å². The number of rotatable bonds is 5. The Kier molecular flexibility index (Phi) is 3.66. The molecule has 0 aliphatic carbocycles. The second-order valence-electron chi connectivity index (χ2n) is 4.75. The fraction of sp³-hybridized carbons (Fsp3) is 0.286. The number of benzene rings is 1. The van der Waals surface area contributed by atoms with Gasteiger partial charge in [-0.2, -0.15) is 0 Å². The highest BCUT2D eigenvalue weighted by Gasteiger charge is 2.21. The van der Waals surface area contributed by atoms with E-state index < -0.39 is 5.97 Å². The van der Waals surface area contributed by atoms with Gasteiger partial charge in [0.05, 0.1) is 12.5 Å². The van der Waals surface area contributed by atoms with Crippen molar-refractivity contribution in [1.29, 1.82) is 0 Å². The fourth-order valence-electron chi connectivity index (χ4n) is 2.37. The lowest BCUT2D eigenvalue weighted by Gasteiger charge is -2.13. The first-order chi connectivity index (χ1) is 10.2. The summed E-state index contributed by atoms with van der Waals surface area (Å²) in [6.45, 7) is 1.94. The van der Waals surface area contributed by atoms with E-state index in [9.17, 15) is 4.79 Å². The minimum atomic E-state index is -0.849. The van der Waals surface area contributed by atoms with Crippen molar-refractivity contribution in [2.24, 2.45) is 0 Å². The van der Waals surface area contributed by atoms with Crippen LogP contribution in [0.5, 0.6) is 0 Å². The minimum Gasteiger partial charge on any atom is -0.481 e. The number of nitrogens with zero attached hydrogens (tertiary/aromatic N) is 4. The molecule has 108 valence electrons. The van der Waals surface area contributed by atoms with Gasteiger partial charge in [0.25, 0.3) is 0 Å². The summed E-state index contributed by atoms with van der Waals surface area (Å²) in [6.07, 6.45) is 0.670. The second kappa shape index (κ2) is 5.61. The molecule has 1 atom stereocenters. The van der Waals surface area contributed by atoms with E-state index in [2.05, 4.69) is 15.5 Å². The van der Waals surface area contributed by atoms with E-state index in [1.54, 1.807) is 16.0 Å². The van der Waals surface area contributed by atoms with Crippen molar-refractivity contribution in [3.63, 3.8) is 0 Å². The minimum absolute atomic E-state index is 0.0105. The van der Waals surface area contributed by atoms with Crippen molar-refractivity contribution in [3.05, 3.63) is 29.6 Å². The van der Waals surface area contributed by atoms with E-state index in [1.165, 1.54) is 0 Å². The van der Waals surface area contributed by atoms with Gasteiger partial charge in [0.15, 0.2) is 5.82 Å². The smallest absolute Gasteiger partial charge is 0.305 e. The molecular weight excluding hydrogens is 288 g/mol. The summed E-state index contributed by atoms with van der Waals surface area (Å²) in [5.41, 5.74) is 0.949. The quantitative estimate of drug-likeness (QED) is 0.783. The first-order valence-electron chi connectivity index (χ1n) is 6.67. The van der Waals surface area contributed by atoms with Gasteiger partial charge < -0.3 is 5.11 Å². The van der Waals surface area contributed by atoms with Crippen LogP contribution < -0.4 is 0 Å². The Bertz CT molecular complexity index is 780. The van der Waals surface area contributed by atoms with Crippen LogP contribution in [0.1, 0.15) is 25.8 Å². The highest BCUT2D eigenvalue weighted by atomic mass is 32.1. The molecule has 7 heteroatoms. The third-order valence-electron chi connectivity index (χ3n) is 3.44. The third-order valence-corrected chi connectivity index (χ3v) is 4.41. The Hall–Kier alpha value is -2.28. The highest BCUT2D eigenvalue weighted by Crippen LogP contribution is 2.33. The lowest BCUT2D eigenvalue weighted by atomic mass is 10.1. The molecule has 1 N–H and O–H groups in total. The van der Waals surface area contributed by atoms with Gasteiger partial charge in [-0.3, -0.25) is 4.79 Å². The zero-order valence-electron chi connectivity index (χ0n) is 11.4. The number of carboxylic acid groups (broad SMARTS) is 1. The summed E-state index contributed by atoms with van der Waals surface area (Å²) < 4.78 is 2.79. The Morgan fingerprint density at radius 3 is 3.00 bits per heavy atom. The zero-order valence-corrected chi connectivity index (χ0v) is 12.2. The summed E-state index contributed by atoms with van der Waals surface area (Å²) in [4.78, 5) is 11.0. The molecule has 0 aliphatic heterocycles. The van der Waals surface area contributed by atoms with Gasteiger partial charge in [-0.25, -0.2) is 4.68 Å². The predicted octanol–water partition coefficient (Wildman–Crippen LogP) is 2.98. The Morgan fingerprint density at radius 2 is 2.24 bits per heavy atom. The number of tetrazole rings is 1. The predicted molar refractivity (Wildman–Crippen MR) is 80.2 cm³/mol. The summed E-state index contributed by atoms with van der Waals surface area (Å²) in [6, 6.07) is 7.79. The Morgan fingerprint density at radius 1 is 1.43 bits per heavy atom. The largest absolute Gasteiger partial charge is 0.481 e. The van der Waals surface area contributed by atoms with Gasteiger partial charge in [0.1, 0.15) is 0 Å². The maximum atomic E-state index is 11.0. The molecule has 0 spiro atoms. The standard InChI is InChI=1S/C14H14N4O2S/c1-2-9(7-13(19)20)18-14(15-16-17-18)11-8-21-12-6-4-3-5-10(11)12/h3-6,8-9H,2,7H2,1H3,(H,19,20). The second-order valence-corrected chi connectivity index (χ2v) is 5.66. The monoisotopic (exact) mass is 302 g/mol. The average Bonchev–Trinajstić information content (AvgIpc) is 3.10. The number of carbonyl (C=O) groups is 1. The van der Waals surface area contributed by atoms with Crippen LogP contribution >= 0.6 is 11.3 Å². The molecule has 0 radical (unpaired) electrons. The van der Waals surface area contributed by atoms with Crippen molar-refractivity contribution in [2.75, 3.05) is 0 Å². The molecular formula is C14H14N4O2S. The third kappa shape index (κ3) is 2.52. The summed E-state index contributed by atoms with van der Waals surface area (Å²) in [5.74, 6) is -0.223. The number of hydrogen-bond donors (Lipinski definition) is 1. The van der Waals surface area contributed by atoms with Gasteiger partial charge in [-0.15, -0.1) is 16.4 Å². The summed E-state index contributed by atoms with van der Waals surface area (Å²) in [7, 11) is 0. The zero-order chi connectivity index (χ0) is 14.8. The van der Waals surface area contributed by atoms with E-state index in [-0.39, 0.29) is 12.5 Å². The van der Waals surface area contributed by atoms with E-state index >= 15 is 0 Å². The molecule has 3 aromatic rings. The van der Waals surface area contributed by atoms with Crippen molar-refractivity contribution in [2.45, 2.75) is 25.8 Å². The fourth-order valence-corrected chi connectivity index (χ4v) is 3.31. The highest BCUT2D eigenvalue weighted by molar-refractivity contribution is 7.17. The molecule has 2 aromatic heterocycles. The molecule has 0 bridgehead atoms. The summed E-state index contributed by atoms with van der Waals surface area (Å²) >= 11 is 1.63. The lowest BCUT2D eigenvalue weighted by molar-refractivity contribution is -0.138. The molecule has 6 nitrogen and oxygen atoms in total. The van der Waals surface area contributed by atoms with Crippen LogP contribution in [0.15, 0.2) is 29.6 Å². The van der Waals surface area contributed by atoms with Gasteiger partial charge in [-0.05, 0) is 22.9 Å². The van der Waals surface area contributed by atoms with Gasteiger partial charge in [-0.1, -0.05) is 25.1 Å². The van der Waals surface area contributed by atoms with Crippen LogP contribution in [0.25, 0.3) is 21.5 Å². The normalized spacial score (nSPS) is 12.6. The number of fused-ring (bicyclic) bond motifs is 1. The van der Waals surface area contributed by atoms with Crippen LogP contribution in [0.3, 0.4) is 0 Å². The Labute approximate surface area is 125 Å². The topological polar surface area (TPSA) is 80.9 Å². The number of aromatic nitrogens is 4. The van der Waals surface area contributed by atoms with E-state index in [0.717, 1.165) is 15.6 Å². The van der Waals surface area contributed by atoms with Crippen LogP contribution in [0, 0.1) is 0 Å². The number of thiophene rings is 1. The van der Waals surface area contributed by atoms with Crippen LogP contribution in [-0.4, -0.2) is 31.3 Å². The first-order valence-corrected chi connectivity index (χ1v) is 7.55. The van der Waals surface area contributed by atoms with Crippen LogP contribution in [0.4, 0.5) is 0 Å².